The molecule has 118 valence electrons. The number of nitrogens with one attached hydrogen (secondary N) is 1. The highest BCUT2D eigenvalue weighted by molar-refractivity contribution is 9.10. The summed E-state index contributed by atoms with van der Waals surface area (Å²) in [6.45, 7) is 7.84. The van der Waals surface area contributed by atoms with Gasteiger partial charge in [-0.25, -0.2) is 0 Å². The Balaban J connectivity index is 2.03. The standard InChI is InChI=1S/C18H29BrN2/c1-4-17(2,3)14-9-11-18(13-20,12-10-14)21-16-7-5-15(19)6-8-16/h5-8,14,21H,4,9-13,20H2,1-3H3. The number of anilines is 1. The lowest BCUT2D eigenvalue weighted by molar-refractivity contribution is 0.124. The zero-order chi connectivity index (χ0) is 15.5. The lowest BCUT2D eigenvalue weighted by Gasteiger charge is -2.45. The quantitative estimate of drug-likeness (QED) is 0.765. The fourth-order valence-corrected chi connectivity index (χ4v) is 3.72. The van der Waals surface area contributed by atoms with Crippen LogP contribution in [0.2, 0.25) is 0 Å². The summed E-state index contributed by atoms with van der Waals surface area (Å²) in [6, 6.07) is 8.42. The second-order valence-corrected chi connectivity index (χ2v) is 8.15. The lowest BCUT2D eigenvalue weighted by Crippen LogP contribution is -2.49. The van der Waals surface area contributed by atoms with Gasteiger partial charge in [0.2, 0.25) is 0 Å². The van der Waals surface area contributed by atoms with E-state index in [0.29, 0.717) is 12.0 Å². The normalized spacial score (nSPS) is 26.6. The van der Waals surface area contributed by atoms with Gasteiger partial charge in [-0.2, -0.15) is 0 Å². The van der Waals surface area contributed by atoms with E-state index in [4.69, 9.17) is 5.73 Å². The summed E-state index contributed by atoms with van der Waals surface area (Å²) in [7, 11) is 0. The van der Waals surface area contributed by atoms with Crippen LogP contribution in [0.5, 0.6) is 0 Å². The Morgan fingerprint density at radius 3 is 2.29 bits per heavy atom. The van der Waals surface area contributed by atoms with Crippen LogP contribution in [-0.2, 0) is 0 Å². The van der Waals surface area contributed by atoms with Crippen molar-refractivity contribution in [2.24, 2.45) is 17.1 Å². The van der Waals surface area contributed by atoms with Gasteiger partial charge in [0.15, 0.2) is 0 Å². The average molecular weight is 353 g/mol. The summed E-state index contributed by atoms with van der Waals surface area (Å²) in [4.78, 5) is 0. The van der Waals surface area contributed by atoms with Crippen molar-refractivity contribution >= 4 is 21.6 Å². The van der Waals surface area contributed by atoms with Crippen molar-refractivity contribution in [3.8, 4) is 0 Å². The van der Waals surface area contributed by atoms with Gasteiger partial charge in [-0.3, -0.25) is 0 Å². The molecule has 0 saturated heterocycles. The van der Waals surface area contributed by atoms with E-state index < -0.39 is 0 Å². The molecule has 1 fully saturated rings. The maximum absolute atomic E-state index is 6.13. The number of hydrogen-bond donors (Lipinski definition) is 2. The molecule has 0 aromatic heterocycles. The Kier molecular flexibility index (Phi) is 5.37. The zero-order valence-electron chi connectivity index (χ0n) is 13.6. The van der Waals surface area contributed by atoms with Gasteiger partial charge >= 0.3 is 0 Å². The Bertz CT molecular complexity index is 445. The molecule has 21 heavy (non-hydrogen) atoms. The molecule has 0 spiro atoms. The van der Waals surface area contributed by atoms with Crippen LogP contribution >= 0.6 is 15.9 Å². The van der Waals surface area contributed by atoms with E-state index in [1.54, 1.807) is 0 Å². The topological polar surface area (TPSA) is 38.0 Å². The SMILES string of the molecule is CCC(C)(C)C1CCC(CN)(Nc2ccc(Br)cc2)CC1. The molecule has 3 heteroatoms. The van der Waals surface area contributed by atoms with Crippen molar-refractivity contribution in [3.05, 3.63) is 28.7 Å². The van der Waals surface area contributed by atoms with Gasteiger partial charge < -0.3 is 11.1 Å². The number of nitrogens with two attached hydrogens (primary N) is 1. The van der Waals surface area contributed by atoms with Crippen LogP contribution in [-0.4, -0.2) is 12.1 Å². The molecule has 3 N–H and O–H groups in total. The molecule has 1 saturated carbocycles. The zero-order valence-corrected chi connectivity index (χ0v) is 15.2. The first-order valence-corrected chi connectivity index (χ1v) is 8.94. The molecule has 0 amide bonds. The summed E-state index contributed by atoms with van der Waals surface area (Å²) < 4.78 is 1.11. The largest absolute Gasteiger partial charge is 0.378 e. The number of halogens is 1. The first-order chi connectivity index (χ1) is 9.91. The summed E-state index contributed by atoms with van der Waals surface area (Å²) in [5.41, 5.74) is 7.84. The maximum Gasteiger partial charge on any atom is 0.0495 e. The van der Waals surface area contributed by atoms with Crippen molar-refractivity contribution < 1.29 is 0 Å². The van der Waals surface area contributed by atoms with Crippen molar-refractivity contribution in [2.75, 3.05) is 11.9 Å². The molecule has 0 radical (unpaired) electrons. The second kappa shape index (κ2) is 6.70. The van der Waals surface area contributed by atoms with Crippen LogP contribution in [0.15, 0.2) is 28.7 Å². The van der Waals surface area contributed by atoms with Crippen molar-refractivity contribution in [2.45, 2.75) is 58.4 Å². The molecule has 1 aliphatic carbocycles. The van der Waals surface area contributed by atoms with E-state index in [9.17, 15) is 0 Å². The van der Waals surface area contributed by atoms with E-state index >= 15 is 0 Å². The van der Waals surface area contributed by atoms with Crippen LogP contribution in [0.3, 0.4) is 0 Å². The fraction of sp³-hybridized carbons (Fsp3) is 0.667. The van der Waals surface area contributed by atoms with E-state index in [0.717, 1.165) is 10.4 Å². The molecule has 1 aromatic carbocycles. The number of rotatable bonds is 5. The van der Waals surface area contributed by atoms with E-state index in [-0.39, 0.29) is 5.54 Å². The lowest BCUT2D eigenvalue weighted by atomic mass is 9.65. The minimum absolute atomic E-state index is 0.0775. The third-order valence-electron chi connectivity index (χ3n) is 5.60. The van der Waals surface area contributed by atoms with E-state index in [2.05, 4.69) is 66.3 Å². The molecule has 0 heterocycles. The molecule has 0 atom stereocenters. The Morgan fingerprint density at radius 1 is 1.24 bits per heavy atom. The van der Waals surface area contributed by atoms with Gasteiger partial charge in [-0.05, 0) is 61.3 Å². The predicted octanol–water partition coefficient (Wildman–Crippen LogP) is 5.18. The van der Waals surface area contributed by atoms with Crippen molar-refractivity contribution in [3.63, 3.8) is 0 Å². The summed E-state index contributed by atoms with van der Waals surface area (Å²) >= 11 is 3.49. The molecule has 0 unspecified atom stereocenters. The minimum Gasteiger partial charge on any atom is -0.378 e. The van der Waals surface area contributed by atoms with Crippen molar-refractivity contribution in [1.82, 2.24) is 0 Å². The average Bonchev–Trinajstić information content (AvgIpc) is 2.50. The summed E-state index contributed by atoms with van der Waals surface area (Å²) in [5.74, 6) is 0.828. The molecule has 1 aromatic rings. The third kappa shape index (κ3) is 4.01. The molecule has 0 bridgehead atoms. The van der Waals surface area contributed by atoms with Gasteiger partial charge in [0.05, 0.1) is 0 Å². The molecule has 2 nitrogen and oxygen atoms in total. The Hall–Kier alpha value is -0.540. The third-order valence-corrected chi connectivity index (χ3v) is 6.13. The van der Waals surface area contributed by atoms with Crippen LogP contribution in [0.1, 0.15) is 52.9 Å². The Labute approximate surface area is 138 Å². The summed E-state index contributed by atoms with van der Waals surface area (Å²) in [5, 5.41) is 3.72. The highest BCUT2D eigenvalue weighted by Gasteiger charge is 2.38. The van der Waals surface area contributed by atoms with Gasteiger partial charge in [0.25, 0.3) is 0 Å². The molecule has 2 rings (SSSR count). The second-order valence-electron chi connectivity index (χ2n) is 7.23. The van der Waals surface area contributed by atoms with Gasteiger partial charge in [-0.1, -0.05) is 43.1 Å². The smallest absolute Gasteiger partial charge is 0.0495 e. The maximum atomic E-state index is 6.13. The van der Waals surface area contributed by atoms with Gasteiger partial charge in [-0.15, -0.1) is 0 Å². The van der Waals surface area contributed by atoms with Crippen LogP contribution in [0, 0.1) is 11.3 Å². The first-order valence-electron chi connectivity index (χ1n) is 8.15. The fourth-order valence-electron chi connectivity index (χ4n) is 3.46. The van der Waals surface area contributed by atoms with E-state index in [1.807, 2.05) is 0 Å². The summed E-state index contributed by atoms with van der Waals surface area (Å²) in [6.07, 6.45) is 6.16. The Morgan fingerprint density at radius 2 is 1.81 bits per heavy atom. The monoisotopic (exact) mass is 352 g/mol. The van der Waals surface area contributed by atoms with Gasteiger partial charge in [0.1, 0.15) is 0 Å². The predicted molar refractivity (Wildman–Crippen MR) is 95.6 cm³/mol. The molecule has 1 aliphatic rings. The number of hydrogen-bond acceptors (Lipinski definition) is 2. The van der Waals surface area contributed by atoms with Gasteiger partial charge in [0, 0.05) is 22.2 Å². The molecular weight excluding hydrogens is 324 g/mol. The first kappa shape index (κ1) is 16.8. The minimum atomic E-state index is 0.0775. The number of benzene rings is 1. The highest BCUT2D eigenvalue weighted by atomic mass is 79.9. The van der Waals surface area contributed by atoms with Crippen LogP contribution in [0.25, 0.3) is 0 Å². The van der Waals surface area contributed by atoms with Crippen LogP contribution < -0.4 is 11.1 Å². The van der Waals surface area contributed by atoms with E-state index in [1.165, 1.54) is 37.8 Å². The molecular formula is C18H29BrN2. The highest BCUT2D eigenvalue weighted by Crippen LogP contribution is 2.44. The molecule has 0 aliphatic heterocycles. The van der Waals surface area contributed by atoms with Crippen molar-refractivity contribution in [1.29, 1.82) is 0 Å². The van der Waals surface area contributed by atoms with Crippen LogP contribution in [0.4, 0.5) is 5.69 Å².